The van der Waals surface area contributed by atoms with Gasteiger partial charge in [0.25, 0.3) is 0 Å². The Kier molecular flexibility index (Phi) is 14.2. The molecule has 0 amide bonds. The molecule has 2 N–H and O–H groups in total. The van der Waals surface area contributed by atoms with Gasteiger partial charge in [-0.05, 0) is 183 Å². The van der Waals surface area contributed by atoms with E-state index in [1.807, 2.05) is 152 Å². The van der Waals surface area contributed by atoms with Gasteiger partial charge in [0, 0.05) is 83.5 Å². The summed E-state index contributed by atoms with van der Waals surface area (Å²) < 4.78 is 28.0. The molecule has 0 radical (unpaired) electrons. The number of hydrogen-bond donors (Lipinski definition) is 2. The molecule has 14 nitrogen and oxygen atoms in total. The van der Waals surface area contributed by atoms with Crippen molar-refractivity contribution in [2.45, 2.75) is 119 Å². The Bertz CT molecular complexity index is 2990. The van der Waals surface area contributed by atoms with Crippen LogP contribution >= 0.6 is 31.9 Å². The van der Waals surface area contributed by atoms with Crippen LogP contribution < -0.4 is 5.46 Å². The fourth-order valence-electron chi connectivity index (χ4n) is 6.53. The molecule has 8 aromatic heterocycles. The van der Waals surface area contributed by atoms with Crippen LogP contribution in [0.5, 0.6) is 0 Å². The van der Waals surface area contributed by atoms with Gasteiger partial charge in [0.2, 0.25) is 0 Å². The first kappa shape index (κ1) is 49.1. The van der Waals surface area contributed by atoms with Gasteiger partial charge < -0.3 is 28.8 Å². The van der Waals surface area contributed by atoms with Gasteiger partial charge in [0.05, 0.1) is 11.2 Å². The van der Waals surface area contributed by atoms with Crippen LogP contribution in [0.15, 0.2) is 88.3 Å². The van der Waals surface area contributed by atoms with Crippen molar-refractivity contribution in [2.75, 3.05) is 0 Å². The van der Waals surface area contributed by atoms with Crippen LogP contribution in [0.4, 0.5) is 9.59 Å². The Balaban J connectivity index is 0.000000154. The number of nitrogens with one attached hydrogen (secondary N) is 2. The average Bonchev–Trinajstić information content (AvgIpc) is 4.00. The standard InChI is InChI=1S/C19H27BN2O4.C13H15BrN2O2.C8H7BrN2.C8H8N2/c1-12-9-10-13-14(20-25-18(5,6)19(7,8)26-20)11-22(15(13)21-12)16(23)24-17(2,3)4;1-8-5-6-9-10(14)7-16(11(9)15-8)12(17)18-13(2,3)4;1-5-2-3-6-7(9)4-10-8(6)11-5;1-6-2-3-7-4-5-9-8(7)10-6/h9-11H,1-8H3;5-7H,1-4H3;2-4H,1H3,(H,10,11);2-5H,1H3,(H,9,10). The summed E-state index contributed by atoms with van der Waals surface area (Å²) in [5.41, 5.74) is 5.56. The number of rotatable bonds is 1. The van der Waals surface area contributed by atoms with Gasteiger partial charge >= 0.3 is 19.3 Å². The summed E-state index contributed by atoms with van der Waals surface area (Å²) in [5.74, 6) is 0. The number of carbonyl (C=O) groups excluding carboxylic acids is 2. The normalized spacial score (nSPS) is 14.4. The molecule has 8 aromatic rings. The van der Waals surface area contributed by atoms with Crippen LogP contribution in [0.2, 0.25) is 0 Å². The molecular weight excluding hydrogens is 955 g/mol. The quantitative estimate of drug-likeness (QED) is 0.151. The number of aromatic amines is 2. The number of ether oxygens (including phenoxy) is 2. The fraction of sp³-hybridized carbons (Fsp3) is 0.375. The molecule has 17 heteroatoms. The monoisotopic (exact) mass is 1010 g/mol. The second-order valence-corrected chi connectivity index (χ2v) is 20.6. The molecule has 1 aliphatic rings. The Morgan fingerprint density at radius 2 is 1.06 bits per heavy atom. The number of halogens is 2. The second-order valence-electron chi connectivity index (χ2n) is 18.9. The van der Waals surface area contributed by atoms with E-state index in [2.05, 4.69) is 73.9 Å². The van der Waals surface area contributed by atoms with Gasteiger partial charge in [-0.2, -0.15) is 0 Å². The van der Waals surface area contributed by atoms with Crippen molar-refractivity contribution < 1.29 is 28.4 Å². The molecule has 1 aliphatic heterocycles. The molecule has 0 atom stereocenters. The number of aryl methyl sites for hydroxylation is 4. The molecule has 1 fully saturated rings. The third kappa shape index (κ3) is 11.7. The van der Waals surface area contributed by atoms with E-state index >= 15 is 0 Å². The summed E-state index contributed by atoms with van der Waals surface area (Å²) in [4.78, 5) is 48.4. The molecule has 1 saturated heterocycles. The zero-order valence-electron chi connectivity index (χ0n) is 39.5. The lowest BCUT2D eigenvalue weighted by Gasteiger charge is -2.32. The summed E-state index contributed by atoms with van der Waals surface area (Å²) in [5, 5.41) is 4.02. The number of carbonyl (C=O) groups is 2. The molecular formula is C48H57BBr2N8O6. The first-order valence-corrected chi connectivity index (χ1v) is 22.8. The third-order valence-corrected chi connectivity index (χ3v) is 11.7. The fourth-order valence-corrected chi connectivity index (χ4v) is 7.48. The highest BCUT2D eigenvalue weighted by atomic mass is 79.9. The van der Waals surface area contributed by atoms with Crippen molar-refractivity contribution in [3.63, 3.8) is 0 Å². The number of pyridine rings is 4. The van der Waals surface area contributed by atoms with Crippen LogP contribution in [0.3, 0.4) is 0 Å². The SMILES string of the molecule is Cc1ccc2c(B3OC(C)(C)C(C)(C)O3)cn(C(=O)OC(C)(C)C)c2n1.Cc1ccc2c(Br)c[nH]c2n1.Cc1ccc2c(Br)cn(C(=O)OC(C)(C)C)c2n1.Cc1ccc2cc[nH]c2n1. The number of nitrogens with zero attached hydrogens (tertiary/aromatic N) is 6. The summed E-state index contributed by atoms with van der Waals surface area (Å²) in [6, 6.07) is 17.8. The number of aromatic nitrogens is 8. The van der Waals surface area contributed by atoms with E-state index in [1.165, 1.54) is 14.5 Å². The highest BCUT2D eigenvalue weighted by molar-refractivity contribution is 9.11. The summed E-state index contributed by atoms with van der Waals surface area (Å²) in [6.45, 7) is 26.8. The number of H-pyrrole nitrogens is 2. The van der Waals surface area contributed by atoms with Crippen LogP contribution in [0.25, 0.3) is 44.1 Å². The largest absolute Gasteiger partial charge is 0.497 e. The topological polar surface area (TPSA) is 164 Å². The van der Waals surface area contributed by atoms with Crippen molar-refractivity contribution in [2.24, 2.45) is 0 Å². The highest BCUT2D eigenvalue weighted by Gasteiger charge is 2.52. The lowest BCUT2D eigenvalue weighted by molar-refractivity contribution is 0.00578. The van der Waals surface area contributed by atoms with E-state index in [-0.39, 0.29) is 0 Å². The van der Waals surface area contributed by atoms with E-state index in [9.17, 15) is 9.59 Å². The van der Waals surface area contributed by atoms with E-state index < -0.39 is 41.7 Å². The summed E-state index contributed by atoms with van der Waals surface area (Å²) >= 11 is 6.84. The molecule has 342 valence electrons. The summed E-state index contributed by atoms with van der Waals surface area (Å²) in [6.07, 6.45) is 6.31. The van der Waals surface area contributed by atoms with Crippen molar-refractivity contribution in [3.8, 4) is 0 Å². The maximum Gasteiger partial charge on any atom is 0.497 e. The minimum absolute atomic E-state index is 0.420. The Morgan fingerprint density at radius 3 is 1.62 bits per heavy atom. The highest BCUT2D eigenvalue weighted by Crippen LogP contribution is 2.37. The Hall–Kier alpha value is -5.36. The van der Waals surface area contributed by atoms with E-state index in [0.29, 0.717) is 11.3 Å². The first-order valence-electron chi connectivity index (χ1n) is 21.2. The van der Waals surface area contributed by atoms with Gasteiger partial charge in [-0.15, -0.1) is 0 Å². The average molecular weight is 1010 g/mol. The molecule has 0 bridgehead atoms. The second kappa shape index (κ2) is 18.9. The van der Waals surface area contributed by atoms with Gasteiger partial charge in [0.1, 0.15) is 28.1 Å². The van der Waals surface area contributed by atoms with Crippen LogP contribution in [-0.4, -0.2) is 80.7 Å². The van der Waals surface area contributed by atoms with Crippen molar-refractivity contribution in [3.05, 3.63) is 111 Å². The molecule has 0 aromatic carbocycles. The maximum atomic E-state index is 12.7. The predicted molar refractivity (Wildman–Crippen MR) is 265 cm³/mol. The minimum Gasteiger partial charge on any atom is -0.443 e. The Morgan fingerprint density at radius 1 is 0.600 bits per heavy atom. The van der Waals surface area contributed by atoms with E-state index in [4.69, 9.17) is 18.8 Å². The van der Waals surface area contributed by atoms with Crippen LogP contribution in [0.1, 0.15) is 92.0 Å². The van der Waals surface area contributed by atoms with Gasteiger partial charge in [-0.1, -0.05) is 0 Å². The summed E-state index contributed by atoms with van der Waals surface area (Å²) in [7, 11) is -0.573. The predicted octanol–water partition coefficient (Wildman–Crippen LogP) is 11.8. The number of hydrogen-bond acceptors (Lipinski definition) is 10. The minimum atomic E-state index is -0.595. The molecule has 0 saturated carbocycles. The maximum absolute atomic E-state index is 12.7. The third-order valence-electron chi connectivity index (χ3n) is 10.4. The first-order chi connectivity index (χ1) is 30.2. The molecule has 65 heavy (non-hydrogen) atoms. The van der Waals surface area contributed by atoms with Crippen LogP contribution in [0, 0.1) is 27.7 Å². The zero-order chi connectivity index (χ0) is 47.8. The van der Waals surface area contributed by atoms with Crippen molar-refractivity contribution >= 4 is 101 Å². The molecule has 0 unspecified atom stereocenters. The molecule has 0 spiro atoms. The number of fused-ring (bicyclic) bond motifs is 4. The van der Waals surface area contributed by atoms with E-state index in [1.54, 1.807) is 12.4 Å². The van der Waals surface area contributed by atoms with Gasteiger partial charge in [-0.3, -0.25) is 0 Å². The lowest BCUT2D eigenvalue weighted by Crippen LogP contribution is -2.41. The van der Waals surface area contributed by atoms with E-state index in [0.717, 1.165) is 64.6 Å². The van der Waals surface area contributed by atoms with Gasteiger partial charge in [0.15, 0.2) is 5.65 Å². The molecule has 9 rings (SSSR count). The zero-order valence-corrected chi connectivity index (χ0v) is 42.6. The Labute approximate surface area is 396 Å². The van der Waals surface area contributed by atoms with Crippen molar-refractivity contribution in [1.82, 2.24) is 39.0 Å². The molecule has 0 aliphatic carbocycles. The van der Waals surface area contributed by atoms with Crippen molar-refractivity contribution in [1.29, 1.82) is 0 Å². The lowest BCUT2D eigenvalue weighted by atomic mass is 9.79. The smallest absolute Gasteiger partial charge is 0.443 e. The van der Waals surface area contributed by atoms with Crippen LogP contribution in [-0.2, 0) is 18.8 Å². The van der Waals surface area contributed by atoms with Gasteiger partial charge in [-0.25, -0.2) is 38.7 Å². The molecule has 9 heterocycles.